The molecule has 1 aromatic rings. The number of allylic oxidation sites excluding steroid dienone is 9. The Morgan fingerprint density at radius 3 is 2.08 bits per heavy atom. The molecule has 0 saturated carbocycles. The van der Waals surface area contributed by atoms with Crippen molar-refractivity contribution in [2.24, 2.45) is 0 Å². The molecule has 24 heavy (non-hydrogen) atoms. The van der Waals surface area contributed by atoms with E-state index in [0.717, 1.165) is 19.5 Å². The van der Waals surface area contributed by atoms with Gasteiger partial charge in [0.1, 0.15) is 0 Å². The maximum absolute atomic E-state index is 3.64. The van der Waals surface area contributed by atoms with Crippen LogP contribution in [0.15, 0.2) is 104 Å². The summed E-state index contributed by atoms with van der Waals surface area (Å²) in [4.78, 5) is 0. The van der Waals surface area contributed by atoms with Crippen LogP contribution >= 0.6 is 0 Å². The van der Waals surface area contributed by atoms with Gasteiger partial charge in [0.25, 0.3) is 0 Å². The number of hydrogen-bond donors (Lipinski definition) is 1. The number of aryl methyl sites for hydroxylation is 1. The molecule has 0 saturated heterocycles. The second-order valence-electron chi connectivity index (χ2n) is 5.03. The first-order valence-corrected chi connectivity index (χ1v) is 8.40. The number of nitrogens with one attached hydrogen (secondary N) is 1. The molecule has 0 aliphatic carbocycles. The summed E-state index contributed by atoms with van der Waals surface area (Å²) in [5.74, 6) is 0. The lowest BCUT2D eigenvalue weighted by molar-refractivity contribution is 0.842. The molecule has 0 heterocycles. The van der Waals surface area contributed by atoms with Gasteiger partial charge in [0.05, 0.1) is 0 Å². The lowest BCUT2D eigenvalue weighted by Gasteiger charge is -1.92. The van der Waals surface area contributed by atoms with E-state index in [9.17, 15) is 0 Å². The van der Waals surface area contributed by atoms with Crippen LogP contribution < -0.4 is 5.32 Å². The Morgan fingerprint density at radius 2 is 1.50 bits per heavy atom. The van der Waals surface area contributed by atoms with Crippen molar-refractivity contribution in [1.29, 1.82) is 0 Å². The van der Waals surface area contributed by atoms with Gasteiger partial charge in [-0.3, -0.25) is 0 Å². The molecule has 1 N–H and O–H groups in total. The third-order valence-corrected chi connectivity index (χ3v) is 2.81. The van der Waals surface area contributed by atoms with Gasteiger partial charge in [0.2, 0.25) is 0 Å². The highest BCUT2D eigenvalue weighted by atomic mass is 14.8. The summed E-state index contributed by atoms with van der Waals surface area (Å²) in [7, 11) is 0. The molecule has 0 aromatic heterocycles. The minimum atomic E-state index is 0.863. The highest BCUT2D eigenvalue weighted by Gasteiger charge is 1.75. The van der Waals surface area contributed by atoms with Crippen LogP contribution in [-0.2, 0) is 0 Å². The summed E-state index contributed by atoms with van der Waals surface area (Å²) in [5.41, 5.74) is 1.32. The molecule has 0 amide bonds. The van der Waals surface area contributed by atoms with E-state index in [1.54, 1.807) is 0 Å². The highest BCUT2D eigenvalue weighted by molar-refractivity contribution is 5.15. The first-order valence-electron chi connectivity index (χ1n) is 8.40. The van der Waals surface area contributed by atoms with E-state index in [-0.39, 0.29) is 0 Å². The van der Waals surface area contributed by atoms with Gasteiger partial charge >= 0.3 is 0 Å². The average Bonchev–Trinajstić information content (AvgIpc) is 2.60. The minimum absolute atomic E-state index is 0.863. The largest absolute Gasteiger partial charge is 0.310 e. The smallest absolute Gasteiger partial charge is 0.0137 e. The summed E-state index contributed by atoms with van der Waals surface area (Å²) in [6.45, 7) is 9.49. The summed E-state index contributed by atoms with van der Waals surface area (Å²) >= 11 is 0. The van der Waals surface area contributed by atoms with Gasteiger partial charge in [-0.05, 0) is 20.3 Å². The van der Waals surface area contributed by atoms with E-state index in [2.05, 4.69) is 55.3 Å². The zero-order chi connectivity index (χ0) is 17.7. The quantitative estimate of drug-likeness (QED) is 0.337. The molecule has 1 rings (SSSR count). The number of benzene rings is 1. The van der Waals surface area contributed by atoms with Gasteiger partial charge in [0.15, 0.2) is 0 Å². The summed E-state index contributed by atoms with van der Waals surface area (Å²) in [6.07, 6.45) is 23.4. The average molecular weight is 322 g/mol. The van der Waals surface area contributed by atoms with Crippen LogP contribution in [0.5, 0.6) is 0 Å². The van der Waals surface area contributed by atoms with E-state index >= 15 is 0 Å². The zero-order valence-corrected chi connectivity index (χ0v) is 15.1. The van der Waals surface area contributed by atoms with Crippen molar-refractivity contribution >= 4 is 0 Å². The van der Waals surface area contributed by atoms with Crippen LogP contribution in [0.1, 0.15) is 18.9 Å². The van der Waals surface area contributed by atoms with Crippen LogP contribution in [0.4, 0.5) is 0 Å². The Hall–Kier alpha value is -2.38. The van der Waals surface area contributed by atoms with E-state index < -0.39 is 0 Å². The molecule has 0 aliphatic rings. The van der Waals surface area contributed by atoms with Gasteiger partial charge in [0, 0.05) is 13.1 Å². The lowest BCUT2D eigenvalue weighted by Crippen LogP contribution is -2.12. The van der Waals surface area contributed by atoms with Crippen LogP contribution in [0.25, 0.3) is 0 Å². The highest BCUT2D eigenvalue weighted by Crippen LogP contribution is 1.92. The molecule has 0 atom stereocenters. The Balaban J connectivity index is 0.000000620. The van der Waals surface area contributed by atoms with Gasteiger partial charge in [-0.15, -0.1) is 6.58 Å². The fraction of sp³-hybridized carbons (Fsp3) is 0.217. The topological polar surface area (TPSA) is 12.0 Å². The van der Waals surface area contributed by atoms with E-state index in [0.29, 0.717) is 0 Å². The standard InChI is InChI=1S/C16H23N.C7H8/c1-3-5-6-7-8-9-10-11-12-13-14-16-17-15-4-2;1-7-5-3-2-4-6-7/h3-11,13-14,17H,2,12,15-16H2,1H3;2-6H,1H3/b5-3+,7-6+,9-8+,11-10+,14-13-;. The Labute approximate surface area is 148 Å². The zero-order valence-electron chi connectivity index (χ0n) is 15.1. The number of rotatable bonds is 9. The van der Waals surface area contributed by atoms with E-state index in [1.165, 1.54) is 5.56 Å². The monoisotopic (exact) mass is 321 g/mol. The Kier molecular flexibility index (Phi) is 16.8. The molecule has 1 aromatic carbocycles. The van der Waals surface area contributed by atoms with Crippen molar-refractivity contribution in [2.75, 3.05) is 13.1 Å². The van der Waals surface area contributed by atoms with Gasteiger partial charge in [-0.2, -0.15) is 0 Å². The molecule has 0 aliphatic heterocycles. The molecule has 1 heteroatoms. The summed E-state index contributed by atoms with van der Waals surface area (Å²) in [5, 5.41) is 3.21. The van der Waals surface area contributed by atoms with Crippen LogP contribution in [0, 0.1) is 6.92 Å². The molecular formula is C23H31N. The predicted molar refractivity (Wildman–Crippen MR) is 110 cm³/mol. The first kappa shape index (κ1) is 21.6. The third-order valence-electron chi connectivity index (χ3n) is 2.81. The maximum Gasteiger partial charge on any atom is 0.0137 e. The van der Waals surface area contributed by atoms with Crippen molar-refractivity contribution in [3.63, 3.8) is 0 Å². The SMILES string of the molecule is C=CCNC/C=C\C/C=C/C=C/C=C/C=C/C.Cc1ccccc1. The minimum Gasteiger partial charge on any atom is -0.310 e. The van der Waals surface area contributed by atoms with E-state index in [1.807, 2.05) is 67.7 Å². The molecule has 0 fully saturated rings. The summed E-state index contributed by atoms with van der Waals surface area (Å²) < 4.78 is 0. The summed E-state index contributed by atoms with van der Waals surface area (Å²) in [6, 6.07) is 10.3. The van der Waals surface area contributed by atoms with Gasteiger partial charge in [-0.1, -0.05) is 103 Å². The van der Waals surface area contributed by atoms with Crippen molar-refractivity contribution in [1.82, 2.24) is 5.32 Å². The fourth-order valence-electron chi connectivity index (χ4n) is 1.59. The number of hydrogen-bond acceptors (Lipinski definition) is 1. The normalized spacial score (nSPS) is 11.8. The second kappa shape index (κ2) is 18.7. The Morgan fingerprint density at radius 1 is 0.833 bits per heavy atom. The molecule has 0 bridgehead atoms. The lowest BCUT2D eigenvalue weighted by atomic mass is 10.2. The first-order chi connectivity index (χ1) is 11.8. The van der Waals surface area contributed by atoms with Crippen LogP contribution in [0.3, 0.4) is 0 Å². The van der Waals surface area contributed by atoms with Crippen LogP contribution in [-0.4, -0.2) is 13.1 Å². The van der Waals surface area contributed by atoms with E-state index in [4.69, 9.17) is 0 Å². The second-order valence-corrected chi connectivity index (χ2v) is 5.03. The molecule has 0 radical (unpaired) electrons. The fourth-order valence-corrected chi connectivity index (χ4v) is 1.59. The van der Waals surface area contributed by atoms with Crippen molar-refractivity contribution < 1.29 is 0 Å². The van der Waals surface area contributed by atoms with Crippen molar-refractivity contribution in [3.05, 3.63) is 109 Å². The Bertz CT molecular complexity index is 530. The maximum atomic E-state index is 3.64. The molecule has 1 nitrogen and oxygen atoms in total. The van der Waals surface area contributed by atoms with Crippen LogP contribution in [0.2, 0.25) is 0 Å². The third kappa shape index (κ3) is 17.7. The van der Waals surface area contributed by atoms with Crippen molar-refractivity contribution in [2.45, 2.75) is 20.3 Å². The molecule has 0 spiro atoms. The van der Waals surface area contributed by atoms with Gasteiger partial charge < -0.3 is 5.32 Å². The molecule has 0 unspecified atom stereocenters. The van der Waals surface area contributed by atoms with Crippen molar-refractivity contribution in [3.8, 4) is 0 Å². The predicted octanol–water partition coefficient (Wildman–Crippen LogP) is 5.95. The molecular weight excluding hydrogens is 290 g/mol. The molecule has 128 valence electrons. The van der Waals surface area contributed by atoms with Gasteiger partial charge in [-0.25, -0.2) is 0 Å².